The maximum Gasteiger partial charge on any atom is 0.326 e. The number of benzene rings is 1. The van der Waals surface area contributed by atoms with Gasteiger partial charge in [-0.05, 0) is 77.1 Å². The zero-order valence-electron chi connectivity index (χ0n) is 23.3. The molecule has 1 saturated heterocycles. The molecule has 1 aromatic carbocycles. The summed E-state index contributed by atoms with van der Waals surface area (Å²) >= 11 is 0. The average molecular weight is 525 g/mol. The first-order chi connectivity index (χ1) is 17.9. The summed E-state index contributed by atoms with van der Waals surface area (Å²) in [6.45, 7) is 11.5. The number of aliphatic hydroxyl groups excluding tert-OH is 1. The van der Waals surface area contributed by atoms with Crippen molar-refractivity contribution in [1.82, 2.24) is 19.4 Å². The van der Waals surface area contributed by atoms with Crippen LogP contribution < -0.4 is 10.9 Å². The van der Waals surface area contributed by atoms with Crippen molar-refractivity contribution < 1.29 is 19.4 Å². The van der Waals surface area contributed by atoms with Crippen molar-refractivity contribution in [3.05, 3.63) is 51.9 Å². The summed E-state index contributed by atoms with van der Waals surface area (Å²) in [4.78, 5) is 30.0. The number of hydrogen-bond donors (Lipinski definition) is 2. The molecule has 0 amide bonds. The number of fused-ring (bicyclic) bond motifs is 1. The van der Waals surface area contributed by atoms with Gasteiger partial charge in [-0.3, -0.25) is 14.9 Å². The number of rotatable bonds is 8. The van der Waals surface area contributed by atoms with E-state index in [1.807, 2.05) is 31.3 Å². The lowest BCUT2D eigenvalue weighted by atomic mass is 10.00. The van der Waals surface area contributed by atoms with Crippen molar-refractivity contribution in [2.75, 3.05) is 13.2 Å². The van der Waals surface area contributed by atoms with Crippen LogP contribution in [0.1, 0.15) is 51.7 Å². The van der Waals surface area contributed by atoms with E-state index in [0.29, 0.717) is 18.0 Å². The maximum absolute atomic E-state index is 12.6. The number of imidazole rings is 1. The number of carbonyl (C=O) groups excluding carboxylic acids is 1. The van der Waals surface area contributed by atoms with Gasteiger partial charge in [-0.15, -0.1) is 0 Å². The molecule has 38 heavy (non-hydrogen) atoms. The van der Waals surface area contributed by atoms with Crippen LogP contribution in [-0.4, -0.2) is 56.2 Å². The van der Waals surface area contributed by atoms with Gasteiger partial charge < -0.3 is 23.7 Å². The summed E-state index contributed by atoms with van der Waals surface area (Å²) in [6, 6.07) is 7.14. The summed E-state index contributed by atoms with van der Waals surface area (Å²) in [5, 5.41) is 13.4. The third-order valence-corrected chi connectivity index (χ3v) is 6.88. The Morgan fingerprint density at radius 3 is 2.61 bits per heavy atom. The number of pyridine rings is 1. The van der Waals surface area contributed by atoms with Crippen LogP contribution in [-0.2, 0) is 34.4 Å². The largest absolute Gasteiger partial charge is 0.459 e. The van der Waals surface area contributed by atoms with Crippen LogP contribution in [0, 0.1) is 12.8 Å². The molecule has 3 heterocycles. The number of aliphatic hydroxyl groups is 1. The van der Waals surface area contributed by atoms with Crippen LogP contribution in [0.15, 0.2) is 35.3 Å². The lowest BCUT2D eigenvalue weighted by molar-refractivity contribution is -0.160. The van der Waals surface area contributed by atoms with Crippen LogP contribution in [0.4, 0.5) is 0 Å². The first-order valence-corrected chi connectivity index (χ1v) is 13.3. The molecule has 1 aliphatic heterocycles. The molecule has 9 nitrogen and oxygen atoms in total. The van der Waals surface area contributed by atoms with Gasteiger partial charge in [0.2, 0.25) is 0 Å². The van der Waals surface area contributed by atoms with Crippen molar-refractivity contribution >= 4 is 17.0 Å². The van der Waals surface area contributed by atoms with E-state index in [1.165, 1.54) is 0 Å². The Morgan fingerprint density at radius 2 is 1.97 bits per heavy atom. The molecule has 1 fully saturated rings. The number of aromatic nitrogens is 3. The van der Waals surface area contributed by atoms with Gasteiger partial charge in [0.15, 0.2) is 0 Å². The molecule has 4 rings (SSSR count). The van der Waals surface area contributed by atoms with E-state index in [4.69, 9.17) is 14.5 Å². The highest BCUT2D eigenvalue weighted by molar-refractivity contribution is 5.81. The van der Waals surface area contributed by atoms with Crippen molar-refractivity contribution in [3.63, 3.8) is 0 Å². The number of carbonyl (C=O) groups is 1. The first kappa shape index (κ1) is 28.0. The Bertz CT molecular complexity index is 1320. The smallest absolute Gasteiger partial charge is 0.326 e. The van der Waals surface area contributed by atoms with Crippen LogP contribution in [0.3, 0.4) is 0 Å². The fourth-order valence-corrected chi connectivity index (χ4v) is 4.92. The summed E-state index contributed by atoms with van der Waals surface area (Å²) in [5.41, 5.74) is 3.69. The summed E-state index contributed by atoms with van der Waals surface area (Å²) in [6.07, 6.45) is 2.93. The van der Waals surface area contributed by atoms with Crippen LogP contribution in [0.25, 0.3) is 22.4 Å². The van der Waals surface area contributed by atoms with Crippen LogP contribution in [0.5, 0.6) is 0 Å². The number of nitrogens with one attached hydrogen (secondary N) is 1. The molecular formula is C29H40N4O5. The molecule has 0 saturated carbocycles. The highest BCUT2D eigenvalue weighted by Crippen LogP contribution is 2.29. The van der Waals surface area contributed by atoms with E-state index in [2.05, 4.69) is 16.0 Å². The molecular weight excluding hydrogens is 484 g/mol. The number of nitrogens with zero attached hydrogens (tertiary/aromatic N) is 3. The number of aryl methyl sites for hydroxylation is 2. The quantitative estimate of drug-likeness (QED) is 0.435. The standard InChI is InChI=1S/C29H40N4O5/c1-18-13-22(17-32(6)27(18)35)26-31-23-14-21(15-30-25(19(2)34)28(36)38-29(3,4)5)7-8-24(23)33(26)16-20-9-11-37-12-10-20/h7-8,13-14,17,19-20,25,30,34H,9-12,15-16H2,1-6H3/t19?,25-/m0/s1. The van der Waals surface area contributed by atoms with Crippen molar-refractivity contribution in [1.29, 1.82) is 0 Å². The highest BCUT2D eigenvalue weighted by atomic mass is 16.6. The fourth-order valence-electron chi connectivity index (χ4n) is 4.92. The minimum absolute atomic E-state index is 0.0214. The van der Waals surface area contributed by atoms with Gasteiger partial charge in [-0.25, -0.2) is 4.98 Å². The Kier molecular flexibility index (Phi) is 8.40. The van der Waals surface area contributed by atoms with E-state index >= 15 is 0 Å². The summed E-state index contributed by atoms with van der Waals surface area (Å²) in [5.74, 6) is 0.822. The van der Waals surface area contributed by atoms with E-state index < -0.39 is 23.7 Å². The molecule has 2 aromatic heterocycles. The molecule has 9 heteroatoms. The van der Waals surface area contributed by atoms with E-state index in [-0.39, 0.29) is 5.56 Å². The predicted molar refractivity (Wildman–Crippen MR) is 147 cm³/mol. The van der Waals surface area contributed by atoms with Gasteiger partial charge >= 0.3 is 5.97 Å². The van der Waals surface area contributed by atoms with Crippen molar-refractivity contribution in [3.8, 4) is 11.4 Å². The number of ether oxygens (including phenoxy) is 2. The second-order valence-corrected chi connectivity index (χ2v) is 11.4. The molecule has 206 valence electrons. The molecule has 0 bridgehead atoms. The van der Waals surface area contributed by atoms with Crippen LogP contribution in [0.2, 0.25) is 0 Å². The van der Waals surface area contributed by atoms with Gasteiger partial charge in [-0.2, -0.15) is 0 Å². The van der Waals surface area contributed by atoms with Gasteiger partial charge in [0.05, 0.1) is 17.1 Å². The second kappa shape index (κ2) is 11.4. The lowest BCUT2D eigenvalue weighted by Gasteiger charge is -2.26. The Balaban J connectivity index is 1.66. The molecule has 1 aliphatic rings. The fraction of sp³-hybridized carbons (Fsp3) is 0.552. The SMILES string of the molecule is Cc1cc(-c2nc3cc(CN[C@H](C(=O)OC(C)(C)C)C(C)O)ccc3n2CC2CCOCC2)cn(C)c1=O. The third-order valence-electron chi connectivity index (χ3n) is 6.88. The number of hydrogen-bond acceptors (Lipinski definition) is 7. The monoisotopic (exact) mass is 524 g/mol. The summed E-state index contributed by atoms with van der Waals surface area (Å²) in [7, 11) is 1.76. The predicted octanol–water partition coefficient (Wildman–Crippen LogP) is 3.32. The van der Waals surface area contributed by atoms with Gasteiger partial charge in [0.1, 0.15) is 17.5 Å². The average Bonchev–Trinajstić information content (AvgIpc) is 3.19. The minimum Gasteiger partial charge on any atom is -0.459 e. The zero-order valence-corrected chi connectivity index (χ0v) is 23.3. The van der Waals surface area contributed by atoms with Gasteiger partial charge in [0, 0.05) is 50.7 Å². The number of esters is 1. The lowest BCUT2D eigenvalue weighted by Crippen LogP contribution is -2.47. The van der Waals surface area contributed by atoms with Gasteiger partial charge in [0.25, 0.3) is 5.56 Å². The molecule has 2 atom stereocenters. The molecule has 1 unspecified atom stereocenters. The topological polar surface area (TPSA) is 108 Å². The molecule has 0 spiro atoms. The first-order valence-electron chi connectivity index (χ1n) is 13.3. The molecule has 0 radical (unpaired) electrons. The second-order valence-electron chi connectivity index (χ2n) is 11.4. The van der Waals surface area contributed by atoms with Gasteiger partial charge in [-0.1, -0.05) is 6.07 Å². The Labute approximate surface area is 223 Å². The summed E-state index contributed by atoms with van der Waals surface area (Å²) < 4.78 is 14.9. The molecule has 0 aliphatic carbocycles. The molecule has 2 N–H and O–H groups in total. The van der Waals surface area contributed by atoms with E-state index in [1.54, 1.807) is 39.3 Å². The Hall–Kier alpha value is -3.01. The van der Waals surface area contributed by atoms with Crippen molar-refractivity contribution in [2.45, 2.75) is 78.3 Å². The minimum atomic E-state index is -0.910. The third kappa shape index (κ3) is 6.51. The van der Waals surface area contributed by atoms with E-state index in [9.17, 15) is 14.7 Å². The van der Waals surface area contributed by atoms with Crippen molar-refractivity contribution in [2.24, 2.45) is 13.0 Å². The Morgan fingerprint density at radius 1 is 1.26 bits per heavy atom. The maximum atomic E-state index is 12.6. The van der Waals surface area contributed by atoms with Crippen LogP contribution >= 0.6 is 0 Å². The zero-order chi connectivity index (χ0) is 27.6. The highest BCUT2D eigenvalue weighted by Gasteiger charge is 2.28. The molecule has 3 aromatic rings. The normalized spacial score (nSPS) is 16.5. The van der Waals surface area contributed by atoms with E-state index in [0.717, 1.165) is 60.6 Å².